The van der Waals surface area contributed by atoms with Crippen LogP contribution in [0, 0.1) is 25.6 Å². The van der Waals surface area contributed by atoms with E-state index in [1.54, 1.807) is 18.2 Å². The van der Waals surface area contributed by atoms with Crippen LogP contribution >= 0.6 is 0 Å². The number of aryl methyl sites for hydroxylation is 3. The van der Waals surface area contributed by atoms with E-state index in [1.807, 2.05) is 24.8 Å². The molecule has 1 fully saturated rings. The molecular formula is C20H24FN3O. The van der Waals surface area contributed by atoms with Crippen LogP contribution in [-0.2, 0) is 6.42 Å². The normalized spacial score (nSPS) is 17.6. The highest BCUT2D eigenvalue weighted by molar-refractivity contribution is 5.92. The molecule has 25 heavy (non-hydrogen) atoms. The zero-order valence-electron chi connectivity index (χ0n) is 14.8. The molecule has 3 rings (SSSR count). The fraction of sp³-hybridized carbons (Fsp3) is 0.450. The topological polar surface area (TPSA) is 46.1 Å². The molecule has 132 valence electrons. The maximum atomic E-state index is 13.3. The predicted octanol–water partition coefficient (Wildman–Crippen LogP) is 3.72. The zero-order chi connectivity index (χ0) is 17.8. The summed E-state index contributed by atoms with van der Waals surface area (Å²) in [6.07, 6.45) is 3.93. The standard InChI is InChI=1S/C20H24FN3O/c1-14-11-19(23-15(2)22-14)20(25)24-10-4-6-17(13-24)9-8-16-5-3-7-18(21)12-16/h3,5,7,11-12,17H,4,6,8-10,13H2,1-2H3/t17-/m0/s1. The molecule has 0 saturated carbocycles. The van der Waals surface area contributed by atoms with Crippen LogP contribution in [0.5, 0.6) is 0 Å². The number of hydrogen-bond acceptors (Lipinski definition) is 3. The molecule has 1 saturated heterocycles. The molecule has 1 amide bonds. The largest absolute Gasteiger partial charge is 0.337 e. The van der Waals surface area contributed by atoms with Crippen LogP contribution in [0.15, 0.2) is 30.3 Å². The smallest absolute Gasteiger partial charge is 0.272 e. The number of likely N-dealkylation sites (tertiary alicyclic amines) is 1. The van der Waals surface area contributed by atoms with Crippen molar-refractivity contribution in [1.82, 2.24) is 14.9 Å². The van der Waals surface area contributed by atoms with Crippen molar-refractivity contribution in [2.45, 2.75) is 39.5 Å². The number of amides is 1. The molecule has 0 N–H and O–H groups in total. The number of nitrogens with zero attached hydrogens (tertiary/aromatic N) is 3. The first-order valence-corrected chi connectivity index (χ1v) is 8.87. The van der Waals surface area contributed by atoms with Gasteiger partial charge in [0.25, 0.3) is 5.91 Å². The Bertz CT molecular complexity index is 742. The molecule has 1 aromatic heterocycles. The number of hydrogen-bond donors (Lipinski definition) is 0. The van der Waals surface area contributed by atoms with Gasteiger partial charge >= 0.3 is 0 Å². The SMILES string of the molecule is Cc1cc(C(=O)N2CCC[C@@H](CCc3cccc(F)c3)C2)nc(C)n1. The maximum absolute atomic E-state index is 13.3. The Labute approximate surface area is 148 Å². The Morgan fingerprint density at radius 3 is 2.88 bits per heavy atom. The second-order valence-electron chi connectivity index (χ2n) is 6.87. The van der Waals surface area contributed by atoms with Gasteiger partial charge in [-0.05, 0) is 69.2 Å². The molecule has 0 bridgehead atoms. The zero-order valence-corrected chi connectivity index (χ0v) is 14.8. The monoisotopic (exact) mass is 341 g/mol. The van der Waals surface area contributed by atoms with Gasteiger partial charge in [-0.2, -0.15) is 0 Å². The highest BCUT2D eigenvalue weighted by Gasteiger charge is 2.25. The number of aromatic nitrogens is 2. The lowest BCUT2D eigenvalue weighted by molar-refractivity contribution is 0.0662. The molecular weight excluding hydrogens is 317 g/mol. The fourth-order valence-electron chi connectivity index (χ4n) is 3.54. The second-order valence-corrected chi connectivity index (χ2v) is 6.87. The van der Waals surface area contributed by atoms with Gasteiger partial charge in [-0.1, -0.05) is 12.1 Å². The first kappa shape index (κ1) is 17.5. The molecule has 0 radical (unpaired) electrons. The van der Waals surface area contributed by atoms with Crippen molar-refractivity contribution in [3.05, 3.63) is 58.9 Å². The number of halogens is 1. The van der Waals surface area contributed by atoms with Crippen LogP contribution in [0.4, 0.5) is 4.39 Å². The van der Waals surface area contributed by atoms with E-state index in [1.165, 1.54) is 6.07 Å². The van der Waals surface area contributed by atoms with Crippen molar-refractivity contribution in [1.29, 1.82) is 0 Å². The van der Waals surface area contributed by atoms with Crippen LogP contribution < -0.4 is 0 Å². The van der Waals surface area contributed by atoms with Crippen LogP contribution in [0.3, 0.4) is 0 Å². The molecule has 0 aliphatic carbocycles. The minimum Gasteiger partial charge on any atom is -0.337 e. The first-order chi connectivity index (χ1) is 12.0. The van der Waals surface area contributed by atoms with Gasteiger partial charge in [0, 0.05) is 18.8 Å². The minimum atomic E-state index is -0.188. The summed E-state index contributed by atoms with van der Waals surface area (Å²) in [6.45, 7) is 5.21. The van der Waals surface area contributed by atoms with Crippen molar-refractivity contribution in [3.63, 3.8) is 0 Å². The molecule has 1 aliphatic heterocycles. The van der Waals surface area contributed by atoms with E-state index in [0.29, 0.717) is 17.4 Å². The predicted molar refractivity (Wildman–Crippen MR) is 94.9 cm³/mol. The van der Waals surface area contributed by atoms with Crippen molar-refractivity contribution < 1.29 is 9.18 Å². The molecule has 2 heterocycles. The van der Waals surface area contributed by atoms with E-state index in [9.17, 15) is 9.18 Å². The lowest BCUT2D eigenvalue weighted by atomic mass is 9.91. The lowest BCUT2D eigenvalue weighted by Gasteiger charge is -2.32. The lowest BCUT2D eigenvalue weighted by Crippen LogP contribution is -2.40. The summed E-state index contributed by atoms with van der Waals surface area (Å²) in [4.78, 5) is 23.2. The van der Waals surface area contributed by atoms with Crippen molar-refractivity contribution in [3.8, 4) is 0 Å². The summed E-state index contributed by atoms with van der Waals surface area (Å²) in [6, 6.07) is 8.53. The Kier molecular flexibility index (Phi) is 5.41. The summed E-state index contributed by atoms with van der Waals surface area (Å²) >= 11 is 0. The summed E-state index contributed by atoms with van der Waals surface area (Å²) in [7, 11) is 0. The number of rotatable bonds is 4. The Balaban J connectivity index is 1.61. The molecule has 5 heteroatoms. The second kappa shape index (κ2) is 7.72. The first-order valence-electron chi connectivity index (χ1n) is 8.87. The summed E-state index contributed by atoms with van der Waals surface area (Å²) in [5, 5.41) is 0. The Morgan fingerprint density at radius 2 is 2.12 bits per heavy atom. The quantitative estimate of drug-likeness (QED) is 0.851. The van der Waals surface area contributed by atoms with E-state index in [0.717, 1.165) is 50.0 Å². The summed E-state index contributed by atoms with van der Waals surface area (Å²) < 4.78 is 13.3. The van der Waals surface area contributed by atoms with E-state index in [-0.39, 0.29) is 11.7 Å². The van der Waals surface area contributed by atoms with Crippen LogP contribution in [-0.4, -0.2) is 33.9 Å². The number of carbonyl (C=O) groups is 1. The number of benzene rings is 1. The van der Waals surface area contributed by atoms with Gasteiger partial charge in [0.15, 0.2) is 0 Å². The minimum absolute atomic E-state index is 0.0101. The van der Waals surface area contributed by atoms with Gasteiger partial charge in [-0.25, -0.2) is 14.4 Å². The molecule has 1 aliphatic rings. The van der Waals surface area contributed by atoms with Gasteiger partial charge < -0.3 is 4.90 Å². The molecule has 0 spiro atoms. The van der Waals surface area contributed by atoms with Gasteiger partial charge in [0.1, 0.15) is 17.3 Å². The average Bonchev–Trinajstić information content (AvgIpc) is 2.59. The Morgan fingerprint density at radius 1 is 1.28 bits per heavy atom. The third-order valence-electron chi connectivity index (χ3n) is 4.72. The molecule has 1 atom stereocenters. The number of carbonyl (C=O) groups excluding carboxylic acids is 1. The van der Waals surface area contributed by atoms with Crippen LogP contribution in [0.2, 0.25) is 0 Å². The molecule has 2 aromatic rings. The Hall–Kier alpha value is -2.30. The molecule has 1 aromatic carbocycles. The highest BCUT2D eigenvalue weighted by atomic mass is 19.1. The maximum Gasteiger partial charge on any atom is 0.272 e. The van der Waals surface area contributed by atoms with E-state index < -0.39 is 0 Å². The third kappa shape index (κ3) is 4.62. The van der Waals surface area contributed by atoms with Crippen molar-refractivity contribution in [2.75, 3.05) is 13.1 Å². The average molecular weight is 341 g/mol. The van der Waals surface area contributed by atoms with Gasteiger partial charge in [-0.15, -0.1) is 0 Å². The van der Waals surface area contributed by atoms with Crippen molar-refractivity contribution >= 4 is 5.91 Å². The van der Waals surface area contributed by atoms with Crippen molar-refractivity contribution in [2.24, 2.45) is 5.92 Å². The van der Waals surface area contributed by atoms with Gasteiger partial charge in [0.05, 0.1) is 0 Å². The van der Waals surface area contributed by atoms with Crippen LogP contribution in [0.25, 0.3) is 0 Å². The number of piperidine rings is 1. The highest BCUT2D eigenvalue weighted by Crippen LogP contribution is 2.23. The van der Waals surface area contributed by atoms with E-state index in [4.69, 9.17) is 0 Å². The third-order valence-corrected chi connectivity index (χ3v) is 4.72. The summed E-state index contributed by atoms with van der Waals surface area (Å²) in [5.74, 6) is 0.879. The van der Waals surface area contributed by atoms with Crippen LogP contribution in [0.1, 0.15) is 46.8 Å². The van der Waals surface area contributed by atoms with Gasteiger partial charge in [-0.3, -0.25) is 4.79 Å². The molecule has 0 unspecified atom stereocenters. The molecule has 4 nitrogen and oxygen atoms in total. The van der Waals surface area contributed by atoms with Gasteiger partial charge in [0.2, 0.25) is 0 Å². The fourth-order valence-corrected chi connectivity index (χ4v) is 3.54. The summed E-state index contributed by atoms with van der Waals surface area (Å²) in [5.41, 5.74) is 2.32. The van der Waals surface area contributed by atoms with E-state index >= 15 is 0 Å². The van der Waals surface area contributed by atoms with E-state index in [2.05, 4.69) is 9.97 Å².